The van der Waals surface area contributed by atoms with Gasteiger partial charge in [0.15, 0.2) is 5.78 Å². The lowest BCUT2D eigenvalue weighted by atomic mass is 10.0. The molecule has 1 aromatic carbocycles. The molecule has 0 aliphatic rings. The van der Waals surface area contributed by atoms with Crippen LogP contribution in [0.25, 0.3) is 0 Å². The van der Waals surface area contributed by atoms with Crippen LogP contribution in [0.1, 0.15) is 29.3 Å². The van der Waals surface area contributed by atoms with Gasteiger partial charge in [-0.05, 0) is 19.1 Å². The van der Waals surface area contributed by atoms with Crippen molar-refractivity contribution in [2.45, 2.75) is 13.3 Å². The van der Waals surface area contributed by atoms with E-state index in [2.05, 4.69) is 0 Å². The number of hydrogen-bond acceptors (Lipinski definition) is 2. The molecule has 0 fully saturated rings. The van der Waals surface area contributed by atoms with E-state index < -0.39 is 29.3 Å². The Bertz CT molecular complexity index is 377. The molecule has 0 saturated carbocycles. The number of anilines is 1. The van der Waals surface area contributed by atoms with Gasteiger partial charge in [0.1, 0.15) is 5.82 Å². The topological polar surface area (TPSA) is 43.1 Å². The van der Waals surface area contributed by atoms with Gasteiger partial charge in [-0.2, -0.15) is 0 Å². The Kier molecular flexibility index (Phi) is 2.78. The number of ketones is 1. The van der Waals surface area contributed by atoms with Gasteiger partial charge >= 0.3 is 0 Å². The molecular weight excluding hydrogens is 195 g/mol. The van der Waals surface area contributed by atoms with Crippen molar-refractivity contribution in [1.29, 1.82) is 0 Å². The molecule has 1 rings (SSSR count). The molecule has 0 aliphatic carbocycles. The summed E-state index contributed by atoms with van der Waals surface area (Å²) in [6.45, 7) is 1.18. The summed E-state index contributed by atoms with van der Waals surface area (Å²) in [6.07, 6.45) is -3.02. The maximum absolute atomic E-state index is 12.9. The lowest BCUT2D eigenvalue weighted by molar-refractivity contribution is 0.101. The first-order chi connectivity index (χ1) is 6.45. The van der Waals surface area contributed by atoms with E-state index in [0.717, 1.165) is 12.1 Å². The number of rotatable bonds is 2. The number of halogens is 3. The molecule has 0 amide bonds. The van der Waals surface area contributed by atoms with Crippen molar-refractivity contribution in [3.05, 3.63) is 29.1 Å². The van der Waals surface area contributed by atoms with E-state index in [-0.39, 0.29) is 5.56 Å². The van der Waals surface area contributed by atoms with E-state index in [1.165, 1.54) is 6.92 Å². The molecule has 76 valence electrons. The average molecular weight is 203 g/mol. The lowest BCUT2D eigenvalue weighted by Crippen LogP contribution is -2.06. The highest BCUT2D eigenvalue weighted by Crippen LogP contribution is 2.30. The zero-order valence-corrected chi connectivity index (χ0v) is 7.35. The van der Waals surface area contributed by atoms with Crippen molar-refractivity contribution in [1.82, 2.24) is 0 Å². The van der Waals surface area contributed by atoms with Gasteiger partial charge in [-0.25, -0.2) is 13.2 Å². The number of Topliss-reactive ketones (excluding diaryl/α,β-unsaturated/α-hetero) is 1. The van der Waals surface area contributed by atoms with Crippen LogP contribution in [0.4, 0.5) is 18.9 Å². The minimum atomic E-state index is -3.02. The smallest absolute Gasteiger partial charge is 0.268 e. The average Bonchev–Trinajstić information content (AvgIpc) is 2.02. The van der Waals surface area contributed by atoms with E-state index >= 15 is 0 Å². The minimum absolute atomic E-state index is 0.0818. The summed E-state index contributed by atoms with van der Waals surface area (Å²) < 4.78 is 37.5. The Balaban J connectivity index is 3.41. The summed E-state index contributed by atoms with van der Waals surface area (Å²) in [5.41, 5.74) is 3.78. The van der Waals surface area contributed by atoms with Crippen LogP contribution in [0.15, 0.2) is 12.1 Å². The number of hydrogen-bond donors (Lipinski definition) is 1. The quantitative estimate of drug-likeness (QED) is 0.592. The minimum Gasteiger partial charge on any atom is -0.398 e. The Morgan fingerprint density at radius 1 is 1.43 bits per heavy atom. The molecule has 0 bridgehead atoms. The normalized spacial score (nSPS) is 10.6. The van der Waals surface area contributed by atoms with E-state index in [0.29, 0.717) is 0 Å². The molecule has 0 unspecified atom stereocenters. The van der Waals surface area contributed by atoms with Crippen LogP contribution in [0.5, 0.6) is 0 Å². The molecule has 5 heteroatoms. The van der Waals surface area contributed by atoms with Gasteiger partial charge in [0.2, 0.25) is 0 Å². The van der Waals surface area contributed by atoms with Crippen LogP contribution >= 0.6 is 0 Å². The van der Waals surface area contributed by atoms with Crippen LogP contribution in [0.2, 0.25) is 0 Å². The number of nitrogen functional groups attached to an aromatic ring is 1. The second-order valence-corrected chi connectivity index (χ2v) is 2.78. The molecule has 0 radical (unpaired) electrons. The highest BCUT2D eigenvalue weighted by atomic mass is 19.3. The summed E-state index contributed by atoms with van der Waals surface area (Å²) in [7, 11) is 0. The molecule has 0 atom stereocenters. The van der Waals surface area contributed by atoms with Gasteiger partial charge in [-0.3, -0.25) is 4.79 Å². The SMILES string of the molecule is CC(=O)c1ccc(F)c(C(F)F)c1N. The number of carbonyl (C=O) groups is 1. The van der Waals surface area contributed by atoms with Crippen LogP contribution in [-0.2, 0) is 0 Å². The number of benzene rings is 1. The summed E-state index contributed by atoms with van der Waals surface area (Å²) in [6, 6.07) is 1.91. The molecule has 0 heterocycles. The number of carbonyl (C=O) groups excluding carboxylic acids is 1. The van der Waals surface area contributed by atoms with E-state index in [1.807, 2.05) is 0 Å². The van der Waals surface area contributed by atoms with Crippen molar-refractivity contribution in [3.63, 3.8) is 0 Å². The van der Waals surface area contributed by atoms with Crippen molar-refractivity contribution in [2.24, 2.45) is 0 Å². The largest absolute Gasteiger partial charge is 0.398 e. The Hall–Kier alpha value is -1.52. The summed E-state index contributed by atoms with van der Waals surface area (Å²) >= 11 is 0. The van der Waals surface area contributed by atoms with Crippen molar-refractivity contribution in [3.8, 4) is 0 Å². The van der Waals surface area contributed by atoms with Gasteiger partial charge in [0.05, 0.1) is 11.3 Å². The predicted octanol–water partition coefficient (Wildman–Crippen LogP) is 2.55. The first-order valence-electron chi connectivity index (χ1n) is 3.82. The van der Waals surface area contributed by atoms with Crippen LogP contribution in [0.3, 0.4) is 0 Å². The summed E-state index contributed by atoms with van der Waals surface area (Å²) in [4.78, 5) is 10.9. The first-order valence-corrected chi connectivity index (χ1v) is 3.82. The molecule has 2 nitrogen and oxygen atoms in total. The Morgan fingerprint density at radius 2 is 2.00 bits per heavy atom. The van der Waals surface area contributed by atoms with Crippen molar-refractivity contribution >= 4 is 11.5 Å². The molecule has 14 heavy (non-hydrogen) atoms. The second kappa shape index (κ2) is 3.69. The third kappa shape index (κ3) is 1.71. The molecule has 0 aromatic heterocycles. The molecule has 0 spiro atoms. The van der Waals surface area contributed by atoms with Gasteiger partial charge in [0, 0.05) is 5.56 Å². The van der Waals surface area contributed by atoms with Crippen LogP contribution < -0.4 is 5.73 Å². The van der Waals surface area contributed by atoms with Gasteiger partial charge in [0.25, 0.3) is 6.43 Å². The second-order valence-electron chi connectivity index (χ2n) is 2.78. The zero-order valence-electron chi connectivity index (χ0n) is 7.35. The summed E-state index contributed by atoms with van der Waals surface area (Å²) in [5.74, 6) is -1.56. The maximum Gasteiger partial charge on any atom is 0.268 e. The van der Waals surface area contributed by atoms with Crippen molar-refractivity contribution in [2.75, 3.05) is 5.73 Å². The molecule has 2 N–H and O–H groups in total. The third-order valence-corrected chi connectivity index (χ3v) is 1.83. The van der Waals surface area contributed by atoms with Crippen LogP contribution in [-0.4, -0.2) is 5.78 Å². The fraction of sp³-hybridized carbons (Fsp3) is 0.222. The number of nitrogens with two attached hydrogens (primary N) is 1. The highest BCUT2D eigenvalue weighted by molar-refractivity contribution is 5.99. The summed E-state index contributed by atoms with van der Waals surface area (Å²) in [5, 5.41) is 0. The molecular formula is C9H8F3NO. The van der Waals surface area contributed by atoms with E-state index in [4.69, 9.17) is 5.73 Å². The predicted molar refractivity (Wildman–Crippen MR) is 45.8 cm³/mol. The zero-order chi connectivity index (χ0) is 10.9. The maximum atomic E-state index is 12.9. The van der Waals surface area contributed by atoms with Crippen LogP contribution in [0, 0.1) is 5.82 Å². The molecule has 0 saturated heterocycles. The standard InChI is InChI=1S/C9H8F3NO/c1-4(14)5-2-3-6(10)7(8(5)13)9(11)12/h2-3,9H,13H2,1H3. The van der Waals surface area contributed by atoms with Gasteiger partial charge < -0.3 is 5.73 Å². The first kappa shape index (κ1) is 10.6. The fourth-order valence-electron chi connectivity index (χ4n) is 1.14. The monoisotopic (exact) mass is 203 g/mol. The van der Waals surface area contributed by atoms with E-state index in [1.54, 1.807) is 0 Å². The van der Waals surface area contributed by atoms with Gasteiger partial charge in [-0.15, -0.1) is 0 Å². The van der Waals surface area contributed by atoms with Crippen molar-refractivity contribution < 1.29 is 18.0 Å². The highest BCUT2D eigenvalue weighted by Gasteiger charge is 2.20. The third-order valence-electron chi connectivity index (χ3n) is 1.83. The van der Waals surface area contributed by atoms with Gasteiger partial charge in [-0.1, -0.05) is 0 Å². The van der Waals surface area contributed by atoms with E-state index in [9.17, 15) is 18.0 Å². The molecule has 0 aliphatic heterocycles. The number of alkyl halides is 2. The Morgan fingerprint density at radius 3 is 2.43 bits per heavy atom. The molecule has 1 aromatic rings. The fourth-order valence-corrected chi connectivity index (χ4v) is 1.14. The Labute approximate surface area is 78.5 Å². The lowest BCUT2D eigenvalue weighted by Gasteiger charge is -2.09.